The summed E-state index contributed by atoms with van der Waals surface area (Å²) < 4.78 is 42.8. The van der Waals surface area contributed by atoms with Crippen molar-refractivity contribution < 1.29 is 13.2 Å². The van der Waals surface area contributed by atoms with Gasteiger partial charge < -0.3 is 4.57 Å². The number of halogens is 3. The van der Waals surface area contributed by atoms with Gasteiger partial charge >= 0.3 is 6.18 Å². The highest BCUT2D eigenvalue weighted by Crippen LogP contribution is 2.39. The van der Waals surface area contributed by atoms with E-state index >= 15 is 0 Å². The summed E-state index contributed by atoms with van der Waals surface area (Å²) in [7, 11) is 0. The average Bonchev–Trinajstić information content (AvgIpc) is 3.44. The number of aromatic nitrogens is 5. The first-order valence-corrected chi connectivity index (χ1v) is 10.2. The zero-order chi connectivity index (χ0) is 20.2. The number of benzene rings is 1. The van der Waals surface area contributed by atoms with Crippen molar-refractivity contribution in [3.8, 4) is 22.9 Å². The minimum atomic E-state index is -4.35. The minimum absolute atomic E-state index is 0.391. The zero-order valence-electron chi connectivity index (χ0n) is 16.2. The van der Waals surface area contributed by atoms with Crippen LogP contribution in [0.1, 0.15) is 55.5 Å². The van der Waals surface area contributed by atoms with Crippen LogP contribution in [0.15, 0.2) is 24.3 Å². The fraction of sp³-hybridized carbons (Fsp3) is 0.476. The van der Waals surface area contributed by atoms with Crippen molar-refractivity contribution in [1.82, 2.24) is 24.5 Å². The highest BCUT2D eigenvalue weighted by Gasteiger charge is 2.33. The molecule has 152 valence electrons. The van der Waals surface area contributed by atoms with E-state index in [0.29, 0.717) is 24.0 Å². The molecule has 1 aliphatic carbocycles. The van der Waals surface area contributed by atoms with E-state index < -0.39 is 11.7 Å². The van der Waals surface area contributed by atoms with Crippen LogP contribution >= 0.6 is 0 Å². The van der Waals surface area contributed by atoms with Crippen LogP contribution in [0.25, 0.3) is 22.9 Å². The molecule has 1 aromatic carbocycles. The number of hydrogen-bond acceptors (Lipinski definition) is 3. The molecule has 0 saturated heterocycles. The number of hydrogen-bond donors (Lipinski definition) is 0. The van der Waals surface area contributed by atoms with Crippen LogP contribution in [-0.2, 0) is 25.6 Å². The molecule has 0 unspecified atom stereocenters. The number of aryl methyl sites for hydroxylation is 1. The standard InChI is InChI=1S/C21H22F3N5/c1-2-17-16-11-12-28-19(13-7-9-14(10-8-13)21(22,23)24)25-26-20(28)18(16)29(27-17)15-5-3-4-6-15/h7-10,15H,2-6,11-12H2,1H3. The average molecular weight is 401 g/mol. The Hall–Kier alpha value is -2.64. The Balaban J connectivity index is 1.59. The van der Waals surface area contributed by atoms with Gasteiger partial charge in [-0.3, -0.25) is 4.68 Å². The summed E-state index contributed by atoms with van der Waals surface area (Å²) in [6, 6.07) is 5.54. The summed E-state index contributed by atoms with van der Waals surface area (Å²) in [5, 5.41) is 13.7. The van der Waals surface area contributed by atoms with Gasteiger partial charge in [-0.1, -0.05) is 31.9 Å². The fourth-order valence-electron chi connectivity index (χ4n) is 4.65. The molecule has 5 nitrogen and oxygen atoms in total. The first kappa shape index (κ1) is 18.4. The lowest BCUT2D eigenvalue weighted by molar-refractivity contribution is -0.137. The molecule has 3 heterocycles. The first-order valence-electron chi connectivity index (χ1n) is 10.2. The summed E-state index contributed by atoms with van der Waals surface area (Å²) in [5.41, 5.74) is 3.40. The third kappa shape index (κ3) is 2.96. The van der Waals surface area contributed by atoms with Crippen LogP contribution in [-0.4, -0.2) is 24.5 Å². The van der Waals surface area contributed by atoms with Gasteiger partial charge in [0.15, 0.2) is 11.6 Å². The molecule has 5 rings (SSSR count). The molecule has 0 radical (unpaired) electrons. The van der Waals surface area contributed by atoms with Gasteiger partial charge in [0.1, 0.15) is 5.69 Å². The van der Waals surface area contributed by atoms with Crippen molar-refractivity contribution in [3.63, 3.8) is 0 Å². The van der Waals surface area contributed by atoms with E-state index in [1.807, 2.05) is 4.57 Å². The van der Waals surface area contributed by atoms with E-state index in [1.54, 1.807) is 0 Å². The number of rotatable bonds is 3. The highest BCUT2D eigenvalue weighted by atomic mass is 19.4. The predicted molar refractivity (Wildman–Crippen MR) is 102 cm³/mol. The zero-order valence-corrected chi connectivity index (χ0v) is 16.2. The first-order chi connectivity index (χ1) is 14.0. The lowest BCUT2D eigenvalue weighted by Gasteiger charge is -2.20. The van der Waals surface area contributed by atoms with Crippen molar-refractivity contribution in [1.29, 1.82) is 0 Å². The molecule has 8 heteroatoms. The maximum absolute atomic E-state index is 12.9. The van der Waals surface area contributed by atoms with Gasteiger partial charge in [-0.2, -0.15) is 18.3 Å². The van der Waals surface area contributed by atoms with Gasteiger partial charge in [-0.15, -0.1) is 10.2 Å². The van der Waals surface area contributed by atoms with Gasteiger partial charge in [0, 0.05) is 17.7 Å². The Morgan fingerprint density at radius 2 is 1.72 bits per heavy atom. The van der Waals surface area contributed by atoms with Crippen LogP contribution in [0.5, 0.6) is 0 Å². The van der Waals surface area contributed by atoms with Crippen LogP contribution < -0.4 is 0 Å². The molecule has 0 bridgehead atoms. The van der Waals surface area contributed by atoms with Crippen molar-refractivity contribution >= 4 is 0 Å². The second-order valence-electron chi connectivity index (χ2n) is 7.83. The van der Waals surface area contributed by atoms with E-state index in [0.717, 1.165) is 55.0 Å². The van der Waals surface area contributed by atoms with Crippen LogP contribution in [0.4, 0.5) is 13.2 Å². The Labute approximate surface area is 166 Å². The second kappa shape index (κ2) is 6.71. The third-order valence-corrected chi connectivity index (χ3v) is 6.12. The predicted octanol–water partition coefficient (Wildman–Crippen LogP) is 5.06. The summed E-state index contributed by atoms with van der Waals surface area (Å²) in [4.78, 5) is 0. The third-order valence-electron chi connectivity index (χ3n) is 6.12. The van der Waals surface area contributed by atoms with E-state index in [4.69, 9.17) is 5.10 Å². The largest absolute Gasteiger partial charge is 0.416 e. The molecule has 0 spiro atoms. The Morgan fingerprint density at radius 1 is 1.03 bits per heavy atom. The molecule has 1 fully saturated rings. The summed E-state index contributed by atoms with van der Waals surface area (Å²) in [6.07, 6.45) is 2.04. The van der Waals surface area contributed by atoms with Crippen LogP contribution in [0.3, 0.4) is 0 Å². The van der Waals surface area contributed by atoms with Gasteiger partial charge in [0.05, 0.1) is 17.3 Å². The SMILES string of the molecule is CCc1nn(C2CCCC2)c2c1CCn1c(-c3ccc(C(F)(F)F)cc3)nnc1-2. The monoisotopic (exact) mass is 401 g/mol. The maximum Gasteiger partial charge on any atom is 0.416 e. The number of fused-ring (bicyclic) bond motifs is 3. The van der Waals surface area contributed by atoms with Crippen molar-refractivity contribution in [2.45, 2.75) is 64.2 Å². The fourth-order valence-corrected chi connectivity index (χ4v) is 4.65. The van der Waals surface area contributed by atoms with Gasteiger partial charge in [-0.05, 0) is 37.8 Å². The topological polar surface area (TPSA) is 48.5 Å². The Morgan fingerprint density at radius 3 is 2.38 bits per heavy atom. The van der Waals surface area contributed by atoms with Gasteiger partial charge in [0.2, 0.25) is 0 Å². The smallest absolute Gasteiger partial charge is 0.305 e. The van der Waals surface area contributed by atoms with E-state index in [2.05, 4.69) is 21.8 Å². The maximum atomic E-state index is 12.9. The molecule has 3 aromatic rings. The second-order valence-corrected chi connectivity index (χ2v) is 7.83. The summed E-state index contributed by atoms with van der Waals surface area (Å²) in [6.45, 7) is 2.82. The Bertz CT molecular complexity index is 1040. The van der Waals surface area contributed by atoms with Crippen LogP contribution in [0.2, 0.25) is 0 Å². The molecule has 0 atom stereocenters. The quantitative estimate of drug-likeness (QED) is 0.616. The summed E-state index contributed by atoms with van der Waals surface area (Å²) >= 11 is 0. The van der Waals surface area contributed by atoms with E-state index in [-0.39, 0.29) is 0 Å². The lowest BCUT2D eigenvalue weighted by atomic mass is 10.0. The highest BCUT2D eigenvalue weighted by molar-refractivity contribution is 5.65. The molecule has 1 saturated carbocycles. The summed E-state index contributed by atoms with van der Waals surface area (Å²) in [5.74, 6) is 1.39. The molecule has 0 amide bonds. The van der Waals surface area contributed by atoms with Gasteiger partial charge in [0.25, 0.3) is 0 Å². The lowest BCUT2D eigenvalue weighted by Crippen LogP contribution is -2.16. The molecular formula is C21H22F3N5. The normalized spacial score (nSPS) is 16.8. The number of nitrogens with zero attached hydrogens (tertiary/aromatic N) is 5. The molecule has 2 aromatic heterocycles. The molecule has 0 N–H and O–H groups in total. The van der Waals surface area contributed by atoms with Crippen molar-refractivity contribution in [3.05, 3.63) is 41.1 Å². The van der Waals surface area contributed by atoms with E-state index in [1.165, 1.54) is 30.5 Å². The van der Waals surface area contributed by atoms with E-state index in [9.17, 15) is 13.2 Å². The van der Waals surface area contributed by atoms with Crippen LogP contribution in [0, 0.1) is 0 Å². The Kier molecular flexibility index (Phi) is 4.26. The van der Waals surface area contributed by atoms with Crippen molar-refractivity contribution in [2.75, 3.05) is 0 Å². The molecule has 2 aliphatic rings. The van der Waals surface area contributed by atoms with Crippen molar-refractivity contribution in [2.24, 2.45) is 0 Å². The molecule has 29 heavy (non-hydrogen) atoms. The molecular weight excluding hydrogens is 379 g/mol. The minimum Gasteiger partial charge on any atom is -0.305 e. The molecule has 1 aliphatic heterocycles. The number of alkyl halides is 3. The van der Waals surface area contributed by atoms with Gasteiger partial charge in [-0.25, -0.2) is 0 Å².